The van der Waals surface area contributed by atoms with Gasteiger partial charge < -0.3 is 0 Å². The van der Waals surface area contributed by atoms with Gasteiger partial charge in [-0.25, -0.2) is 0 Å². The summed E-state index contributed by atoms with van der Waals surface area (Å²) in [5, 5.41) is 0. The predicted octanol–water partition coefficient (Wildman–Crippen LogP) is 10.2. The molecule has 10 unspecified atom stereocenters. The number of fused-ring (bicyclic) bond motifs is 1. The van der Waals surface area contributed by atoms with E-state index >= 15 is 0 Å². The standard InChI is InChI=1S/C24H44.C7H14/c1-5-8-11-21-17(4)15-20-10-9-12-22(20)24(21)23-16-18(6-2)13-14-19(23)7-3;1-6-3-4-7(2)5-6/h17-24H,5-16H2,1-4H3;6-7H,3-5H2,1-2H3. The van der Waals surface area contributed by atoms with E-state index in [9.17, 15) is 0 Å². The van der Waals surface area contributed by atoms with Gasteiger partial charge in [-0.3, -0.25) is 0 Å². The van der Waals surface area contributed by atoms with Crippen LogP contribution in [0.15, 0.2) is 0 Å². The molecule has 182 valence electrons. The van der Waals surface area contributed by atoms with Crippen LogP contribution in [0.4, 0.5) is 0 Å². The zero-order chi connectivity index (χ0) is 22.4. The molecule has 0 aromatic heterocycles. The van der Waals surface area contributed by atoms with Gasteiger partial charge in [0.25, 0.3) is 0 Å². The fourth-order valence-corrected chi connectivity index (χ4v) is 8.97. The van der Waals surface area contributed by atoms with E-state index in [2.05, 4.69) is 41.5 Å². The summed E-state index contributed by atoms with van der Waals surface area (Å²) in [7, 11) is 0. The van der Waals surface area contributed by atoms with Crippen LogP contribution in [-0.2, 0) is 0 Å². The Hall–Kier alpha value is 0. The van der Waals surface area contributed by atoms with E-state index in [1.807, 2.05) is 0 Å². The van der Waals surface area contributed by atoms with E-state index < -0.39 is 0 Å². The molecule has 0 radical (unpaired) electrons. The molecule has 0 aromatic carbocycles. The zero-order valence-corrected chi connectivity index (χ0v) is 22.4. The third-order valence-corrected chi connectivity index (χ3v) is 10.7. The molecule has 4 fully saturated rings. The maximum atomic E-state index is 2.63. The molecule has 4 aliphatic carbocycles. The van der Waals surface area contributed by atoms with Crippen LogP contribution in [0.3, 0.4) is 0 Å². The highest BCUT2D eigenvalue weighted by molar-refractivity contribution is 4.98. The van der Waals surface area contributed by atoms with Gasteiger partial charge >= 0.3 is 0 Å². The van der Waals surface area contributed by atoms with Crippen LogP contribution >= 0.6 is 0 Å². The van der Waals surface area contributed by atoms with Crippen LogP contribution in [0.5, 0.6) is 0 Å². The molecule has 4 aliphatic rings. The van der Waals surface area contributed by atoms with Gasteiger partial charge in [0.05, 0.1) is 0 Å². The van der Waals surface area contributed by atoms with E-state index in [0.29, 0.717) is 0 Å². The lowest BCUT2D eigenvalue weighted by Gasteiger charge is -2.52. The largest absolute Gasteiger partial charge is 0.0654 e. The first kappa shape index (κ1) is 25.6. The summed E-state index contributed by atoms with van der Waals surface area (Å²) < 4.78 is 0. The Kier molecular flexibility index (Phi) is 10.3. The van der Waals surface area contributed by atoms with Crippen molar-refractivity contribution in [3.05, 3.63) is 0 Å². The van der Waals surface area contributed by atoms with Crippen molar-refractivity contribution in [2.24, 2.45) is 59.2 Å². The second-order valence-corrected chi connectivity index (χ2v) is 12.9. The molecule has 4 saturated carbocycles. The predicted molar refractivity (Wildman–Crippen MR) is 138 cm³/mol. The summed E-state index contributed by atoms with van der Waals surface area (Å²) >= 11 is 0. The third kappa shape index (κ3) is 6.53. The first-order valence-corrected chi connectivity index (χ1v) is 15.0. The summed E-state index contributed by atoms with van der Waals surface area (Å²) in [5.74, 6) is 10.6. The Morgan fingerprint density at radius 3 is 2.00 bits per heavy atom. The lowest BCUT2D eigenvalue weighted by molar-refractivity contribution is -0.0297. The van der Waals surface area contributed by atoms with Gasteiger partial charge in [-0.2, -0.15) is 0 Å². The summed E-state index contributed by atoms with van der Waals surface area (Å²) in [5.41, 5.74) is 0. The normalized spacial score (nSPS) is 45.1. The van der Waals surface area contributed by atoms with Crippen molar-refractivity contribution >= 4 is 0 Å². The average Bonchev–Trinajstić information content (AvgIpc) is 3.39. The molecule has 0 aromatic rings. The van der Waals surface area contributed by atoms with Crippen molar-refractivity contribution in [2.45, 2.75) is 138 Å². The van der Waals surface area contributed by atoms with Crippen molar-refractivity contribution in [2.75, 3.05) is 0 Å². The molecule has 0 amide bonds. The van der Waals surface area contributed by atoms with Gasteiger partial charge in [-0.05, 0) is 97.7 Å². The van der Waals surface area contributed by atoms with Crippen molar-refractivity contribution in [3.8, 4) is 0 Å². The Labute approximate surface area is 197 Å². The minimum absolute atomic E-state index is 1.00. The SMILES string of the molecule is CC1CCC(C)C1.CCCCC1C(C)CC2CCCC2C1C1CC(CC)CCC1CC. The van der Waals surface area contributed by atoms with Gasteiger partial charge in [-0.15, -0.1) is 0 Å². The monoisotopic (exact) mass is 430 g/mol. The lowest BCUT2D eigenvalue weighted by Crippen LogP contribution is -2.45. The maximum absolute atomic E-state index is 2.63. The van der Waals surface area contributed by atoms with Crippen LogP contribution in [-0.4, -0.2) is 0 Å². The van der Waals surface area contributed by atoms with Gasteiger partial charge in [0.1, 0.15) is 0 Å². The molecule has 0 aliphatic heterocycles. The average molecular weight is 431 g/mol. The molecule has 0 bridgehead atoms. The maximum Gasteiger partial charge on any atom is -0.0321 e. The van der Waals surface area contributed by atoms with E-state index in [1.54, 1.807) is 38.5 Å². The van der Waals surface area contributed by atoms with Gasteiger partial charge in [0.15, 0.2) is 0 Å². The molecule has 0 N–H and O–H groups in total. The minimum atomic E-state index is 1.00. The Morgan fingerprint density at radius 2 is 1.42 bits per heavy atom. The molecule has 31 heavy (non-hydrogen) atoms. The zero-order valence-electron chi connectivity index (χ0n) is 22.4. The number of rotatable bonds is 6. The molecule has 0 saturated heterocycles. The molecular formula is C31H58. The van der Waals surface area contributed by atoms with Crippen molar-refractivity contribution in [3.63, 3.8) is 0 Å². The molecule has 0 heteroatoms. The third-order valence-electron chi connectivity index (χ3n) is 10.7. The van der Waals surface area contributed by atoms with Crippen LogP contribution < -0.4 is 0 Å². The first-order chi connectivity index (χ1) is 15.0. The van der Waals surface area contributed by atoms with Crippen LogP contribution in [0.25, 0.3) is 0 Å². The second kappa shape index (κ2) is 12.5. The van der Waals surface area contributed by atoms with E-state index in [1.165, 1.54) is 57.8 Å². The Balaban J connectivity index is 0.000000330. The number of hydrogen-bond donors (Lipinski definition) is 0. The van der Waals surface area contributed by atoms with Gasteiger partial charge in [0.2, 0.25) is 0 Å². The van der Waals surface area contributed by atoms with Crippen LogP contribution in [0.2, 0.25) is 0 Å². The summed E-state index contributed by atoms with van der Waals surface area (Å²) in [6, 6.07) is 0. The molecule has 0 heterocycles. The van der Waals surface area contributed by atoms with Gasteiger partial charge in [0, 0.05) is 0 Å². The number of hydrogen-bond acceptors (Lipinski definition) is 0. The smallest absolute Gasteiger partial charge is 0.0321 e. The first-order valence-electron chi connectivity index (χ1n) is 15.0. The molecule has 0 nitrogen and oxygen atoms in total. The molecule has 4 rings (SSSR count). The van der Waals surface area contributed by atoms with Crippen molar-refractivity contribution in [1.29, 1.82) is 0 Å². The lowest BCUT2D eigenvalue weighted by atomic mass is 9.53. The summed E-state index contributed by atoms with van der Waals surface area (Å²) in [4.78, 5) is 0. The Bertz CT molecular complexity index is 486. The second-order valence-electron chi connectivity index (χ2n) is 12.9. The van der Waals surface area contributed by atoms with E-state index in [0.717, 1.165) is 59.2 Å². The minimum Gasteiger partial charge on any atom is -0.0654 e. The summed E-state index contributed by atoms with van der Waals surface area (Å²) in [6.07, 6.45) is 22.6. The number of unbranched alkanes of at least 4 members (excludes halogenated alkanes) is 1. The highest BCUT2D eigenvalue weighted by Gasteiger charge is 2.49. The van der Waals surface area contributed by atoms with Crippen LogP contribution in [0.1, 0.15) is 138 Å². The highest BCUT2D eigenvalue weighted by atomic mass is 14.5. The molecule has 10 atom stereocenters. The fraction of sp³-hybridized carbons (Fsp3) is 1.00. The van der Waals surface area contributed by atoms with Crippen LogP contribution in [0, 0.1) is 59.2 Å². The molecular weight excluding hydrogens is 372 g/mol. The van der Waals surface area contributed by atoms with Crippen molar-refractivity contribution in [1.82, 2.24) is 0 Å². The quantitative estimate of drug-likeness (QED) is 0.393. The fourth-order valence-electron chi connectivity index (χ4n) is 8.97. The van der Waals surface area contributed by atoms with E-state index in [-0.39, 0.29) is 0 Å². The highest BCUT2D eigenvalue weighted by Crippen LogP contribution is 2.57. The molecule has 0 spiro atoms. The van der Waals surface area contributed by atoms with Gasteiger partial charge in [-0.1, -0.05) is 99.3 Å². The summed E-state index contributed by atoms with van der Waals surface area (Å²) in [6.45, 7) is 14.7. The Morgan fingerprint density at radius 1 is 0.677 bits per heavy atom. The topological polar surface area (TPSA) is 0 Å². The van der Waals surface area contributed by atoms with Crippen molar-refractivity contribution < 1.29 is 0 Å². The van der Waals surface area contributed by atoms with E-state index in [4.69, 9.17) is 0 Å².